The quantitative estimate of drug-likeness (QED) is 0.365. The van der Waals surface area contributed by atoms with E-state index < -0.39 is 18.0 Å². The van der Waals surface area contributed by atoms with Gasteiger partial charge in [-0.15, -0.1) is 0 Å². The molecule has 1 atom stereocenters. The van der Waals surface area contributed by atoms with Crippen LogP contribution in [-0.4, -0.2) is 24.6 Å². The van der Waals surface area contributed by atoms with Crippen LogP contribution in [0.3, 0.4) is 0 Å². The summed E-state index contributed by atoms with van der Waals surface area (Å²) in [7, 11) is 0. The van der Waals surface area contributed by atoms with Crippen LogP contribution < -0.4 is 16.2 Å². The standard InChI is InChI=1S/C21H20ClN3O4/c1-2-28-21(27)18(25-24-16-10-6-7-14(22)13-16)17-11-12-29-19(17)20(26)23-15-8-4-3-5-9-15/h3-13,19,24-25H,2H2,1H3,(H,23,26). The van der Waals surface area contributed by atoms with Gasteiger partial charge in [-0.05, 0) is 43.3 Å². The first kappa shape index (κ1) is 20.3. The molecule has 7 nitrogen and oxygen atoms in total. The van der Waals surface area contributed by atoms with E-state index in [2.05, 4.69) is 16.2 Å². The molecule has 150 valence electrons. The first-order chi connectivity index (χ1) is 14.1. The van der Waals surface area contributed by atoms with Crippen molar-refractivity contribution in [1.29, 1.82) is 0 Å². The number of halogens is 1. The SMILES string of the molecule is CCOC(=O)C(NNc1cccc(Cl)c1)=C1C=COC1C(=O)Nc1ccccc1. The highest BCUT2D eigenvalue weighted by atomic mass is 35.5. The van der Waals surface area contributed by atoms with E-state index in [0.717, 1.165) is 0 Å². The second-order valence-electron chi connectivity index (χ2n) is 5.99. The Balaban J connectivity index is 1.83. The van der Waals surface area contributed by atoms with E-state index in [-0.39, 0.29) is 12.3 Å². The largest absolute Gasteiger partial charge is 0.483 e. The number of rotatable bonds is 7. The third-order valence-corrected chi connectivity index (χ3v) is 4.18. The number of hydrazine groups is 1. The third kappa shape index (κ3) is 5.30. The highest BCUT2D eigenvalue weighted by Crippen LogP contribution is 2.23. The number of para-hydroxylation sites is 1. The van der Waals surface area contributed by atoms with Crippen LogP contribution in [0.4, 0.5) is 11.4 Å². The number of carbonyl (C=O) groups is 2. The Morgan fingerprint density at radius 2 is 1.86 bits per heavy atom. The van der Waals surface area contributed by atoms with Crippen molar-refractivity contribution < 1.29 is 19.1 Å². The number of amides is 1. The Bertz CT molecular complexity index is 944. The van der Waals surface area contributed by atoms with Crippen molar-refractivity contribution in [2.75, 3.05) is 17.3 Å². The van der Waals surface area contributed by atoms with E-state index in [1.807, 2.05) is 6.07 Å². The molecule has 1 unspecified atom stereocenters. The minimum absolute atomic E-state index is 0.0637. The van der Waals surface area contributed by atoms with Crippen molar-refractivity contribution in [3.05, 3.63) is 83.2 Å². The minimum atomic E-state index is -1.01. The Morgan fingerprint density at radius 1 is 1.10 bits per heavy atom. The van der Waals surface area contributed by atoms with Crippen molar-refractivity contribution in [2.45, 2.75) is 13.0 Å². The summed E-state index contributed by atoms with van der Waals surface area (Å²) in [6, 6.07) is 15.9. The van der Waals surface area contributed by atoms with Gasteiger partial charge >= 0.3 is 5.97 Å². The molecule has 0 spiro atoms. The molecule has 2 aromatic carbocycles. The number of carbonyl (C=O) groups excluding carboxylic acids is 2. The summed E-state index contributed by atoms with van der Waals surface area (Å²) in [5, 5.41) is 3.30. The lowest BCUT2D eigenvalue weighted by Gasteiger charge is -2.18. The highest BCUT2D eigenvalue weighted by Gasteiger charge is 2.32. The van der Waals surface area contributed by atoms with Crippen molar-refractivity contribution in [2.24, 2.45) is 0 Å². The highest BCUT2D eigenvalue weighted by molar-refractivity contribution is 6.30. The number of nitrogens with one attached hydrogen (secondary N) is 3. The molecule has 1 heterocycles. The van der Waals surface area contributed by atoms with Gasteiger partial charge in [0.05, 0.1) is 18.6 Å². The van der Waals surface area contributed by atoms with Gasteiger partial charge < -0.3 is 20.2 Å². The van der Waals surface area contributed by atoms with E-state index in [1.165, 1.54) is 6.26 Å². The third-order valence-electron chi connectivity index (χ3n) is 3.95. The lowest BCUT2D eigenvalue weighted by atomic mass is 10.1. The average molecular weight is 414 g/mol. The predicted octanol–water partition coefficient (Wildman–Crippen LogP) is 3.62. The molecule has 0 saturated heterocycles. The summed E-state index contributed by atoms with van der Waals surface area (Å²) in [4.78, 5) is 25.2. The first-order valence-electron chi connectivity index (χ1n) is 8.95. The van der Waals surface area contributed by atoms with Gasteiger partial charge in [-0.3, -0.25) is 10.2 Å². The van der Waals surface area contributed by atoms with E-state index in [4.69, 9.17) is 21.1 Å². The van der Waals surface area contributed by atoms with Crippen LogP contribution in [0, 0.1) is 0 Å². The minimum Gasteiger partial charge on any atom is -0.483 e. The summed E-state index contributed by atoms with van der Waals surface area (Å²) >= 11 is 5.99. The molecule has 0 aliphatic carbocycles. The van der Waals surface area contributed by atoms with Gasteiger partial charge in [0.25, 0.3) is 5.91 Å². The molecular weight excluding hydrogens is 394 g/mol. The van der Waals surface area contributed by atoms with E-state index in [0.29, 0.717) is 22.0 Å². The lowest BCUT2D eigenvalue weighted by Crippen LogP contribution is -2.35. The normalized spacial score (nSPS) is 16.6. The molecule has 2 aromatic rings. The van der Waals surface area contributed by atoms with Crippen LogP contribution in [0.25, 0.3) is 0 Å². The molecule has 8 heteroatoms. The molecule has 1 amide bonds. The predicted molar refractivity (Wildman–Crippen MR) is 111 cm³/mol. The van der Waals surface area contributed by atoms with E-state index in [9.17, 15) is 9.59 Å². The number of esters is 1. The van der Waals surface area contributed by atoms with Crippen LogP contribution in [0.5, 0.6) is 0 Å². The van der Waals surface area contributed by atoms with Gasteiger partial charge in [-0.1, -0.05) is 35.9 Å². The Kier molecular flexibility index (Phi) is 6.76. The second kappa shape index (κ2) is 9.66. The molecule has 0 radical (unpaired) electrons. The fourth-order valence-corrected chi connectivity index (χ4v) is 2.83. The van der Waals surface area contributed by atoms with Gasteiger partial charge in [-0.2, -0.15) is 0 Å². The number of benzene rings is 2. The second-order valence-corrected chi connectivity index (χ2v) is 6.42. The Hall–Kier alpha value is -3.45. The average Bonchev–Trinajstić information content (AvgIpc) is 3.19. The van der Waals surface area contributed by atoms with Gasteiger partial charge in [0.2, 0.25) is 6.10 Å². The smallest absolute Gasteiger partial charge is 0.356 e. The number of ether oxygens (including phenoxy) is 2. The Morgan fingerprint density at radius 3 is 2.59 bits per heavy atom. The van der Waals surface area contributed by atoms with Crippen LogP contribution >= 0.6 is 11.6 Å². The Labute approximate surface area is 173 Å². The topological polar surface area (TPSA) is 88.7 Å². The maximum absolute atomic E-state index is 12.7. The summed E-state index contributed by atoms with van der Waals surface area (Å²) in [5.41, 5.74) is 7.38. The summed E-state index contributed by atoms with van der Waals surface area (Å²) < 4.78 is 10.6. The van der Waals surface area contributed by atoms with Crippen molar-refractivity contribution in [1.82, 2.24) is 5.43 Å². The maximum atomic E-state index is 12.7. The number of anilines is 2. The zero-order valence-corrected chi connectivity index (χ0v) is 16.4. The van der Waals surface area contributed by atoms with Gasteiger partial charge in [0.1, 0.15) is 5.70 Å². The van der Waals surface area contributed by atoms with Gasteiger partial charge in [0.15, 0.2) is 0 Å². The van der Waals surface area contributed by atoms with Crippen molar-refractivity contribution in [3.63, 3.8) is 0 Å². The monoisotopic (exact) mass is 413 g/mol. The molecule has 1 aliphatic rings. The maximum Gasteiger partial charge on any atom is 0.356 e. The summed E-state index contributed by atoms with van der Waals surface area (Å²) in [6.07, 6.45) is 1.90. The molecule has 1 aliphatic heterocycles. The molecule has 3 rings (SSSR count). The fraction of sp³-hybridized carbons (Fsp3) is 0.143. The van der Waals surface area contributed by atoms with Gasteiger partial charge in [0, 0.05) is 16.3 Å². The lowest BCUT2D eigenvalue weighted by molar-refractivity contribution is -0.139. The van der Waals surface area contributed by atoms with Crippen molar-refractivity contribution in [3.8, 4) is 0 Å². The molecular formula is C21H20ClN3O4. The molecule has 3 N–H and O–H groups in total. The first-order valence-corrected chi connectivity index (χ1v) is 9.33. The summed E-state index contributed by atoms with van der Waals surface area (Å²) in [5.74, 6) is -1.03. The van der Waals surface area contributed by atoms with Crippen LogP contribution in [0.15, 0.2) is 78.2 Å². The zero-order valence-electron chi connectivity index (χ0n) is 15.6. The number of hydrogen-bond acceptors (Lipinski definition) is 6. The zero-order chi connectivity index (χ0) is 20.6. The molecule has 0 saturated carbocycles. The van der Waals surface area contributed by atoms with Crippen LogP contribution in [0.1, 0.15) is 6.92 Å². The van der Waals surface area contributed by atoms with Crippen LogP contribution in [-0.2, 0) is 19.1 Å². The van der Waals surface area contributed by atoms with Gasteiger partial charge in [-0.25, -0.2) is 4.79 Å². The molecule has 0 aromatic heterocycles. The fourth-order valence-electron chi connectivity index (χ4n) is 2.64. The molecule has 0 bridgehead atoms. The van der Waals surface area contributed by atoms with E-state index >= 15 is 0 Å². The van der Waals surface area contributed by atoms with Crippen molar-refractivity contribution >= 4 is 34.9 Å². The molecule has 0 fully saturated rings. The van der Waals surface area contributed by atoms with E-state index in [1.54, 1.807) is 61.5 Å². The summed E-state index contributed by atoms with van der Waals surface area (Å²) in [6.45, 7) is 1.88. The molecule has 29 heavy (non-hydrogen) atoms. The number of hydrogen-bond donors (Lipinski definition) is 3. The van der Waals surface area contributed by atoms with Crippen LogP contribution in [0.2, 0.25) is 5.02 Å².